The third-order valence-corrected chi connectivity index (χ3v) is 5.80. The smallest absolute Gasteiger partial charge is 0.180 e. The Bertz CT molecular complexity index is 754. The van der Waals surface area contributed by atoms with Crippen LogP contribution in [0.4, 0.5) is 0 Å². The van der Waals surface area contributed by atoms with Gasteiger partial charge in [0.05, 0.1) is 10.1 Å². The van der Waals surface area contributed by atoms with Gasteiger partial charge in [-0.1, -0.05) is 39.0 Å². The Hall–Kier alpha value is -1.68. The maximum atomic E-state index is 12.3. The maximum absolute atomic E-state index is 12.3. The van der Waals surface area contributed by atoms with Crippen molar-refractivity contribution < 1.29 is 8.42 Å². The summed E-state index contributed by atoms with van der Waals surface area (Å²) in [6.45, 7) is 9.74. The number of nitrogens with zero attached hydrogens (tertiary/aromatic N) is 1. The molecule has 2 aromatic rings. The maximum Gasteiger partial charge on any atom is 0.180 e. The van der Waals surface area contributed by atoms with E-state index in [2.05, 4.69) is 25.8 Å². The van der Waals surface area contributed by atoms with Gasteiger partial charge in [-0.2, -0.15) is 0 Å². The molecule has 22 heavy (non-hydrogen) atoms. The van der Waals surface area contributed by atoms with Gasteiger partial charge in [0, 0.05) is 22.9 Å². The van der Waals surface area contributed by atoms with E-state index in [1.165, 1.54) is 0 Å². The zero-order valence-electron chi connectivity index (χ0n) is 13.8. The second kappa shape index (κ2) is 5.84. The molecule has 118 valence electrons. The molecule has 1 aromatic carbocycles. The fourth-order valence-electron chi connectivity index (χ4n) is 2.13. The summed E-state index contributed by atoms with van der Waals surface area (Å²) < 4.78 is 24.6. The second-order valence-electron chi connectivity index (χ2n) is 6.80. The average Bonchev–Trinajstić information content (AvgIpc) is 2.46. The number of benzene rings is 1. The number of sulfone groups is 1. The predicted molar refractivity (Wildman–Crippen MR) is 90.7 cm³/mol. The number of pyridine rings is 1. The van der Waals surface area contributed by atoms with Crippen molar-refractivity contribution in [3.05, 3.63) is 48.3 Å². The van der Waals surface area contributed by atoms with E-state index in [1.54, 1.807) is 32.0 Å². The van der Waals surface area contributed by atoms with Gasteiger partial charge in [-0.3, -0.25) is 4.98 Å². The van der Waals surface area contributed by atoms with Crippen molar-refractivity contribution in [2.24, 2.45) is 0 Å². The summed E-state index contributed by atoms with van der Waals surface area (Å²) in [5.41, 5.74) is 2.81. The number of rotatable bonds is 3. The van der Waals surface area contributed by atoms with Crippen LogP contribution in [0.1, 0.15) is 40.3 Å². The number of hydrogen-bond donors (Lipinski definition) is 0. The molecule has 0 amide bonds. The Balaban J connectivity index is 2.43. The molecule has 3 nitrogen and oxygen atoms in total. The van der Waals surface area contributed by atoms with Crippen LogP contribution in [-0.2, 0) is 15.3 Å². The van der Waals surface area contributed by atoms with Gasteiger partial charge in [0.25, 0.3) is 0 Å². The first-order valence-electron chi connectivity index (χ1n) is 7.43. The lowest BCUT2D eigenvalue weighted by Crippen LogP contribution is -2.14. The molecule has 1 aromatic heterocycles. The highest BCUT2D eigenvalue weighted by molar-refractivity contribution is 7.92. The summed E-state index contributed by atoms with van der Waals surface area (Å²) in [7, 11) is -3.26. The van der Waals surface area contributed by atoms with Crippen LogP contribution < -0.4 is 0 Å². The normalized spacial score (nSPS) is 12.6. The fraction of sp³-hybridized carbons (Fsp3) is 0.389. The highest BCUT2D eigenvalue weighted by Gasteiger charge is 2.20. The molecule has 0 radical (unpaired) electrons. The van der Waals surface area contributed by atoms with Gasteiger partial charge in [-0.15, -0.1) is 0 Å². The lowest BCUT2D eigenvalue weighted by Gasteiger charge is -2.17. The highest BCUT2D eigenvalue weighted by atomic mass is 32.2. The first-order chi connectivity index (χ1) is 10.1. The summed E-state index contributed by atoms with van der Waals surface area (Å²) in [4.78, 5) is 4.86. The molecule has 0 saturated carbocycles. The average molecular weight is 317 g/mol. The number of aromatic nitrogens is 1. The van der Waals surface area contributed by atoms with E-state index in [1.807, 2.05) is 24.4 Å². The van der Waals surface area contributed by atoms with Gasteiger partial charge in [0.1, 0.15) is 0 Å². The molecule has 0 aliphatic rings. The molecule has 0 aliphatic heterocycles. The molecule has 0 atom stereocenters. The summed E-state index contributed by atoms with van der Waals surface area (Å²) in [6.07, 6.45) is 1.81. The fourth-order valence-corrected chi connectivity index (χ4v) is 3.24. The van der Waals surface area contributed by atoms with Crippen LogP contribution in [0.3, 0.4) is 0 Å². The summed E-state index contributed by atoms with van der Waals surface area (Å²) in [5, 5.41) is -0.427. The largest absolute Gasteiger partial charge is 0.260 e. The van der Waals surface area contributed by atoms with Gasteiger partial charge in [0.15, 0.2) is 9.84 Å². The molecule has 0 N–H and O–H groups in total. The molecular formula is C18H23NO2S. The van der Waals surface area contributed by atoms with Gasteiger partial charge < -0.3 is 0 Å². The van der Waals surface area contributed by atoms with Crippen LogP contribution in [0.2, 0.25) is 0 Å². The van der Waals surface area contributed by atoms with Crippen molar-refractivity contribution in [1.29, 1.82) is 0 Å². The summed E-state index contributed by atoms with van der Waals surface area (Å²) in [6, 6.07) is 11.1. The van der Waals surface area contributed by atoms with Crippen molar-refractivity contribution in [1.82, 2.24) is 4.98 Å². The van der Waals surface area contributed by atoms with Gasteiger partial charge in [-0.05, 0) is 37.6 Å². The van der Waals surface area contributed by atoms with E-state index in [0.717, 1.165) is 16.8 Å². The zero-order chi connectivity index (χ0) is 16.5. The summed E-state index contributed by atoms with van der Waals surface area (Å²) >= 11 is 0. The van der Waals surface area contributed by atoms with E-state index < -0.39 is 15.1 Å². The third-order valence-electron chi connectivity index (χ3n) is 3.65. The Morgan fingerprint density at radius 1 is 1.00 bits per heavy atom. The predicted octanol–water partition coefficient (Wildman–Crippen LogP) is 4.23. The minimum Gasteiger partial charge on any atom is -0.260 e. The Morgan fingerprint density at radius 3 is 2.18 bits per heavy atom. The molecular weight excluding hydrogens is 294 g/mol. The zero-order valence-corrected chi connectivity index (χ0v) is 14.6. The first-order valence-corrected chi connectivity index (χ1v) is 8.98. The molecule has 0 spiro atoms. The van der Waals surface area contributed by atoms with Gasteiger partial charge in [0.2, 0.25) is 0 Å². The monoisotopic (exact) mass is 317 g/mol. The molecule has 0 bridgehead atoms. The van der Waals surface area contributed by atoms with E-state index in [0.29, 0.717) is 4.90 Å². The van der Waals surface area contributed by atoms with E-state index in [9.17, 15) is 8.42 Å². The quantitative estimate of drug-likeness (QED) is 0.851. The molecule has 0 saturated heterocycles. The Labute approximate surface area is 133 Å². The molecule has 0 aliphatic carbocycles. The molecule has 2 rings (SSSR count). The van der Waals surface area contributed by atoms with Crippen molar-refractivity contribution in [2.45, 2.75) is 50.2 Å². The van der Waals surface area contributed by atoms with Crippen LogP contribution in [0.5, 0.6) is 0 Å². The van der Waals surface area contributed by atoms with E-state index in [-0.39, 0.29) is 5.41 Å². The summed E-state index contributed by atoms with van der Waals surface area (Å²) in [5.74, 6) is 0. The molecule has 0 unspecified atom stereocenters. The van der Waals surface area contributed by atoms with Crippen LogP contribution in [0.25, 0.3) is 11.1 Å². The van der Waals surface area contributed by atoms with Gasteiger partial charge >= 0.3 is 0 Å². The molecule has 4 heteroatoms. The van der Waals surface area contributed by atoms with Gasteiger partial charge in [-0.25, -0.2) is 8.42 Å². The van der Waals surface area contributed by atoms with Crippen molar-refractivity contribution in [3.8, 4) is 11.1 Å². The standard InChI is InChI=1S/C18H23NO2S/c1-13(2)22(20,21)16-8-6-7-14(11-16)15-9-10-17(19-12-15)18(3,4)5/h6-13H,1-5H3. The topological polar surface area (TPSA) is 47.0 Å². The van der Waals surface area contributed by atoms with Crippen molar-refractivity contribution in [3.63, 3.8) is 0 Å². The Morgan fingerprint density at radius 2 is 1.68 bits per heavy atom. The third kappa shape index (κ3) is 3.38. The van der Waals surface area contributed by atoms with Crippen LogP contribution in [-0.4, -0.2) is 18.7 Å². The number of hydrogen-bond acceptors (Lipinski definition) is 3. The first kappa shape index (κ1) is 16.7. The lowest BCUT2D eigenvalue weighted by molar-refractivity contribution is 0.569. The SMILES string of the molecule is CC(C)S(=O)(=O)c1cccc(-c2ccc(C(C)(C)C)nc2)c1. The van der Waals surface area contributed by atoms with E-state index >= 15 is 0 Å². The lowest BCUT2D eigenvalue weighted by atomic mass is 9.91. The van der Waals surface area contributed by atoms with Crippen LogP contribution in [0.15, 0.2) is 47.5 Å². The van der Waals surface area contributed by atoms with Crippen molar-refractivity contribution >= 4 is 9.84 Å². The van der Waals surface area contributed by atoms with Crippen molar-refractivity contribution in [2.75, 3.05) is 0 Å². The minimum absolute atomic E-state index is 0.00135. The second-order valence-corrected chi connectivity index (χ2v) is 9.31. The van der Waals surface area contributed by atoms with Crippen LogP contribution >= 0.6 is 0 Å². The van der Waals surface area contributed by atoms with E-state index in [4.69, 9.17) is 0 Å². The highest BCUT2D eigenvalue weighted by Crippen LogP contribution is 2.26. The Kier molecular flexibility index (Phi) is 4.43. The van der Waals surface area contributed by atoms with Crippen LogP contribution in [0, 0.1) is 0 Å². The minimum atomic E-state index is -3.26. The molecule has 0 fully saturated rings. The molecule has 1 heterocycles.